The zero-order valence-electron chi connectivity index (χ0n) is 10.9. The second-order valence-electron chi connectivity index (χ2n) is 5.14. The molecule has 0 spiro atoms. The van der Waals surface area contributed by atoms with Crippen LogP contribution in [0.5, 0.6) is 0 Å². The summed E-state index contributed by atoms with van der Waals surface area (Å²) in [6.07, 6.45) is 4.27. The molecular weight excluding hydrogens is 240 g/mol. The van der Waals surface area contributed by atoms with Gasteiger partial charge in [0.25, 0.3) is 0 Å². The Morgan fingerprint density at radius 3 is 2.84 bits per heavy atom. The summed E-state index contributed by atoms with van der Waals surface area (Å²) < 4.78 is 7.30. The molecule has 0 radical (unpaired) electrons. The van der Waals surface area contributed by atoms with E-state index in [4.69, 9.17) is 4.74 Å². The monoisotopic (exact) mass is 258 g/mol. The maximum Gasteiger partial charge on any atom is 0.0871 e. The molecule has 100 valence electrons. The Kier molecular flexibility index (Phi) is 3.36. The Balaban J connectivity index is 1.78. The van der Waals surface area contributed by atoms with Gasteiger partial charge in [0, 0.05) is 17.7 Å². The molecule has 4 nitrogen and oxygen atoms in total. The predicted octanol–water partition coefficient (Wildman–Crippen LogP) is 2.33. The first-order valence-electron chi connectivity index (χ1n) is 6.63. The largest absolute Gasteiger partial charge is 0.388 e. The topological polar surface area (TPSA) is 47.3 Å². The lowest BCUT2D eigenvalue weighted by molar-refractivity contribution is 0.0804. The van der Waals surface area contributed by atoms with Crippen molar-refractivity contribution in [1.29, 1.82) is 0 Å². The van der Waals surface area contributed by atoms with Crippen molar-refractivity contribution in [3.63, 3.8) is 0 Å². The van der Waals surface area contributed by atoms with Crippen molar-refractivity contribution in [2.24, 2.45) is 5.92 Å². The molecule has 0 amide bonds. The SMILES string of the molecule is CC1CC(C(O)c2cnn(-c3ccccc3)c2)CO1. The molecule has 0 bridgehead atoms. The molecule has 4 heteroatoms. The van der Waals surface area contributed by atoms with Crippen LogP contribution in [0.1, 0.15) is 25.0 Å². The first kappa shape index (κ1) is 12.4. The first-order valence-corrected chi connectivity index (χ1v) is 6.63. The molecule has 0 saturated carbocycles. The van der Waals surface area contributed by atoms with Gasteiger partial charge in [-0.1, -0.05) is 18.2 Å². The fourth-order valence-corrected chi connectivity index (χ4v) is 2.55. The summed E-state index contributed by atoms with van der Waals surface area (Å²) in [4.78, 5) is 0. The van der Waals surface area contributed by atoms with E-state index in [2.05, 4.69) is 5.10 Å². The summed E-state index contributed by atoms with van der Waals surface area (Å²) in [5.74, 6) is 0.170. The minimum absolute atomic E-state index is 0.170. The molecule has 1 aromatic heterocycles. The third-order valence-electron chi connectivity index (χ3n) is 3.64. The lowest BCUT2D eigenvalue weighted by Crippen LogP contribution is -2.12. The number of ether oxygens (including phenoxy) is 1. The summed E-state index contributed by atoms with van der Waals surface area (Å²) in [7, 11) is 0. The molecule has 3 atom stereocenters. The molecular formula is C15H18N2O2. The minimum Gasteiger partial charge on any atom is -0.388 e. The summed E-state index contributed by atoms with van der Waals surface area (Å²) in [5.41, 5.74) is 1.85. The Morgan fingerprint density at radius 2 is 2.16 bits per heavy atom. The number of aliphatic hydroxyl groups excluding tert-OH is 1. The highest BCUT2D eigenvalue weighted by Crippen LogP contribution is 2.31. The fourth-order valence-electron chi connectivity index (χ4n) is 2.55. The average Bonchev–Trinajstić information content (AvgIpc) is 3.08. The second-order valence-corrected chi connectivity index (χ2v) is 5.14. The Morgan fingerprint density at radius 1 is 1.37 bits per heavy atom. The van der Waals surface area contributed by atoms with E-state index in [1.54, 1.807) is 10.9 Å². The first-order chi connectivity index (χ1) is 9.24. The van der Waals surface area contributed by atoms with Gasteiger partial charge in [-0.15, -0.1) is 0 Å². The van der Waals surface area contributed by atoms with Crippen LogP contribution >= 0.6 is 0 Å². The summed E-state index contributed by atoms with van der Waals surface area (Å²) in [6, 6.07) is 9.90. The Bertz CT molecular complexity index is 538. The smallest absolute Gasteiger partial charge is 0.0871 e. The van der Waals surface area contributed by atoms with E-state index in [1.165, 1.54) is 0 Å². The lowest BCUT2D eigenvalue weighted by atomic mass is 9.96. The molecule has 2 heterocycles. The normalized spacial score (nSPS) is 24.5. The lowest BCUT2D eigenvalue weighted by Gasteiger charge is -2.14. The van der Waals surface area contributed by atoms with Crippen molar-refractivity contribution in [1.82, 2.24) is 9.78 Å². The van der Waals surface area contributed by atoms with E-state index in [0.29, 0.717) is 6.61 Å². The molecule has 0 aliphatic carbocycles. The zero-order valence-corrected chi connectivity index (χ0v) is 10.9. The number of para-hydroxylation sites is 1. The van der Waals surface area contributed by atoms with Crippen LogP contribution in [0, 0.1) is 5.92 Å². The van der Waals surface area contributed by atoms with Crippen LogP contribution in [0.4, 0.5) is 0 Å². The summed E-state index contributed by atoms with van der Waals surface area (Å²) >= 11 is 0. The van der Waals surface area contributed by atoms with Crippen molar-refractivity contribution in [2.75, 3.05) is 6.61 Å². The van der Waals surface area contributed by atoms with Gasteiger partial charge in [-0.3, -0.25) is 0 Å². The number of hydrogen-bond donors (Lipinski definition) is 1. The molecule has 1 aliphatic rings. The number of rotatable bonds is 3. The van der Waals surface area contributed by atoms with Crippen LogP contribution in [0.15, 0.2) is 42.7 Å². The Hall–Kier alpha value is -1.65. The van der Waals surface area contributed by atoms with Crippen LogP contribution in [-0.4, -0.2) is 27.6 Å². The number of aliphatic hydroxyl groups is 1. The average molecular weight is 258 g/mol. The third kappa shape index (κ3) is 2.55. The van der Waals surface area contributed by atoms with Gasteiger partial charge < -0.3 is 9.84 Å². The summed E-state index contributed by atoms with van der Waals surface area (Å²) in [5, 5.41) is 14.7. The molecule has 3 unspecified atom stereocenters. The van der Waals surface area contributed by atoms with E-state index in [-0.39, 0.29) is 12.0 Å². The molecule has 1 aliphatic heterocycles. The number of hydrogen-bond acceptors (Lipinski definition) is 3. The number of benzene rings is 1. The van der Waals surface area contributed by atoms with Gasteiger partial charge >= 0.3 is 0 Å². The van der Waals surface area contributed by atoms with Gasteiger partial charge in [0.15, 0.2) is 0 Å². The van der Waals surface area contributed by atoms with Crippen molar-refractivity contribution in [2.45, 2.75) is 25.6 Å². The molecule has 2 aromatic rings. The van der Waals surface area contributed by atoms with Gasteiger partial charge in [0.2, 0.25) is 0 Å². The van der Waals surface area contributed by atoms with Gasteiger partial charge in [-0.2, -0.15) is 5.10 Å². The Labute approximate surface area is 112 Å². The van der Waals surface area contributed by atoms with Crippen molar-refractivity contribution in [3.8, 4) is 5.69 Å². The van der Waals surface area contributed by atoms with E-state index >= 15 is 0 Å². The molecule has 1 fully saturated rings. The third-order valence-corrected chi connectivity index (χ3v) is 3.64. The highest BCUT2D eigenvalue weighted by Gasteiger charge is 2.30. The fraction of sp³-hybridized carbons (Fsp3) is 0.400. The van der Waals surface area contributed by atoms with Crippen molar-refractivity contribution < 1.29 is 9.84 Å². The number of aromatic nitrogens is 2. The van der Waals surface area contributed by atoms with Crippen LogP contribution in [-0.2, 0) is 4.74 Å². The quantitative estimate of drug-likeness (QED) is 0.919. The molecule has 3 rings (SSSR count). The number of nitrogens with zero attached hydrogens (tertiary/aromatic N) is 2. The van der Waals surface area contributed by atoms with Gasteiger partial charge in [-0.05, 0) is 25.5 Å². The van der Waals surface area contributed by atoms with E-state index in [1.807, 2.05) is 43.5 Å². The molecule has 1 aromatic carbocycles. The highest BCUT2D eigenvalue weighted by molar-refractivity contribution is 5.31. The van der Waals surface area contributed by atoms with Crippen molar-refractivity contribution in [3.05, 3.63) is 48.3 Å². The maximum atomic E-state index is 10.4. The molecule has 19 heavy (non-hydrogen) atoms. The summed E-state index contributed by atoms with van der Waals surface area (Å²) in [6.45, 7) is 2.67. The van der Waals surface area contributed by atoms with Gasteiger partial charge in [0.1, 0.15) is 0 Å². The van der Waals surface area contributed by atoms with Crippen LogP contribution in [0.2, 0.25) is 0 Å². The standard InChI is InChI=1S/C15H18N2O2/c1-11-7-12(10-19-11)15(18)13-8-16-17(9-13)14-5-3-2-4-6-14/h2-6,8-9,11-12,15,18H,7,10H2,1H3. The van der Waals surface area contributed by atoms with Crippen molar-refractivity contribution >= 4 is 0 Å². The predicted molar refractivity (Wildman–Crippen MR) is 72.0 cm³/mol. The maximum absolute atomic E-state index is 10.4. The van der Waals surface area contributed by atoms with Crippen LogP contribution in [0.3, 0.4) is 0 Å². The van der Waals surface area contributed by atoms with E-state index in [0.717, 1.165) is 17.7 Å². The van der Waals surface area contributed by atoms with E-state index in [9.17, 15) is 5.11 Å². The van der Waals surface area contributed by atoms with Crippen LogP contribution in [0.25, 0.3) is 5.69 Å². The zero-order chi connectivity index (χ0) is 13.2. The molecule has 1 saturated heterocycles. The highest BCUT2D eigenvalue weighted by atomic mass is 16.5. The van der Waals surface area contributed by atoms with Crippen LogP contribution < -0.4 is 0 Å². The molecule has 1 N–H and O–H groups in total. The second kappa shape index (κ2) is 5.15. The van der Waals surface area contributed by atoms with Gasteiger partial charge in [0.05, 0.1) is 30.7 Å². The minimum atomic E-state index is -0.498. The van der Waals surface area contributed by atoms with E-state index < -0.39 is 6.10 Å². The van der Waals surface area contributed by atoms with Gasteiger partial charge in [-0.25, -0.2) is 4.68 Å².